The maximum atomic E-state index is 13.8. The summed E-state index contributed by atoms with van der Waals surface area (Å²) < 4.78 is 18.9. The van der Waals surface area contributed by atoms with Crippen molar-refractivity contribution in [3.8, 4) is 0 Å². The zero-order valence-corrected chi connectivity index (χ0v) is 11.2. The normalized spacial score (nSPS) is 15.9. The van der Waals surface area contributed by atoms with Gasteiger partial charge in [-0.05, 0) is 37.0 Å². The Morgan fingerprint density at radius 2 is 2.26 bits per heavy atom. The molecule has 1 unspecified atom stereocenters. The van der Waals surface area contributed by atoms with Gasteiger partial charge in [-0.2, -0.15) is 0 Å². The van der Waals surface area contributed by atoms with E-state index in [2.05, 4.69) is 10.6 Å². The largest absolute Gasteiger partial charge is 0.383 e. The summed E-state index contributed by atoms with van der Waals surface area (Å²) >= 11 is 0. The van der Waals surface area contributed by atoms with Crippen LogP contribution in [0.3, 0.4) is 0 Å². The lowest BCUT2D eigenvalue weighted by atomic mass is 10.1. The van der Waals surface area contributed by atoms with E-state index in [-0.39, 0.29) is 17.8 Å². The summed E-state index contributed by atoms with van der Waals surface area (Å²) in [6.07, 6.45) is 2.29. The molecule has 1 amide bonds. The van der Waals surface area contributed by atoms with Crippen LogP contribution < -0.4 is 10.6 Å². The summed E-state index contributed by atoms with van der Waals surface area (Å²) in [6, 6.07) is 4.63. The Bertz CT molecular complexity index is 461. The zero-order chi connectivity index (χ0) is 13.8. The van der Waals surface area contributed by atoms with Gasteiger partial charge in [-0.3, -0.25) is 4.79 Å². The Labute approximate surface area is 112 Å². The molecule has 4 nitrogen and oxygen atoms in total. The van der Waals surface area contributed by atoms with Gasteiger partial charge in [0.05, 0.1) is 18.3 Å². The average Bonchev–Trinajstić information content (AvgIpc) is 3.16. The van der Waals surface area contributed by atoms with E-state index in [9.17, 15) is 9.18 Å². The van der Waals surface area contributed by atoms with E-state index in [4.69, 9.17) is 4.74 Å². The molecule has 104 valence electrons. The number of nitrogens with one attached hydrogen (secondary N) is 2. The summed E-state index contributed by atoms with van der Waals surface area (Å²) in [6.45, 7) is 1.98. The van der Waals surface area contributed by atoms with Crippen molar-refractivity contribution in [2.45, 2.75) is 25.8 Å². The Kier molecular flexibility index (Phi) is 4.37. The molecule has 1 atom stereocenters. The third-order valence-corrected chi connectivity index (χ3v) is 3.16. The van der Waals surface area contributed by atoms with E-state index in [0.29, 0.717) is 23.9 Å². The number of carbonyl (C=O) groups is 1. The first-order valence-electron chi connectivity index (χ1n) is 6.42. The van der Waals surface area contributed by atoms with E-state index >= 15 is 0 Å². The maximum Gasteiger partial charge on any atom is 0.221 e. The molecule has 0 bridgehead atoms. The van der Waals surface area contributed by atoms with Crippen LogP contribution in [0, 0.1) is 11.7 Å². The third kappa shape index (κ3) is 3.92. The molecule has 1 aromatic carbocycles. The van der Waals surface area contributed by atoms with Crippen molar-refractivity contribution in [3.63, 3.8) is 0 Å². The lowest BCUT2D eigenvalue weighted by molar-refractivity contribution is -0.114. The van der Waals surface area contributed by atoms with E-state index in [1.54, 1.807) is 19.2 Å². The molecule has 0 spiro atoms. The highest BCUT2D eigenvalue weighted by Crippen LogP contribution is 2.35. The molecule has 1 aromatic rings. The van der Waals surface area contributed by atoms with Crippen molar-refractivity contribution in [2.75, 3.05) is 24.4 Å². The number of methoxy groups -OCH3 is 1. The minimum atomic E-state index is -0.323. The fourth-order valence-electron chi connectivity index (χ4n) is 2.09. The van der Waals surface area contributed by atoms with E-state index in [1.165, 1.54) is 13.0 Å². The van der Waals surface area contributed by atoms with Crippen molar-refractivity contribution >= 4 is 17.3 Å². The van der Waals surface area contributed by atoms with Gasteiger partial charge in [0.1, 0.15) is 5.82 Å². The van der Waals surface area contributed by atoms with Gasteiger partial charge in [0.25, 0.3) is 0 Å². The van der Waals surface area contributed by atoms with Crippen molar-refractivity contribution in [1.29, 1.82) is 0 Å². The first-order valence-corrected chi connectivity index (χ1v) is 6.42. The SMILES string of the molecule is COCC(Nc1cc(NC(C)=O)ccc1F)C1CC1. The van der Waals surface area contributed by atoms with Crippen molar-refractivity contribution in [1.82, 2.24) is 0 Å². The summed E-state index contributed by atoms with van der Waals surface area (Å²) in [4.78, 5) is 11.0. The van der Waals surface area contributed by atoms with Gasteiger partial charge in [-0.15, -0.1) is 0 Å². The van der Waals surface area contributed by atoms with E-state index in [1.807, 2.05) is 0 Å². The molecular weight excluding hydrogens is 247 g/mol. The number of ether oxygens (including phenoxy) is 1. The number of carbonyl (C=O) groups excluding carboxylic acids is 1. The third-order valence-electron chi connectivity index (χ3n) is 3.16. The molecule has 1 fully saturated rings. The number of anilines is 2. The van der Waals surface area contributed by atoms with Crippen LogP contribution in [0.5, 0.6) is 0 Å². The number of hydrogen-bond donors (Lipinski definition) is 2. The fourth-order valence-corrected chi connectivity index (χ4v) is 2.09. The van der Waals surface area contributed by atoms with Gasteiger partial charge in [0.2, 0.25) is 5.91 Å². The second-order valence-corrected chi connectivity index (χ2v) is 4.92. The molecule has 19 heavy (non-hydrogen) atoms. The highest BCUT2D eigenvalue weighted by Gasteiger charge is 2.31. The molecule has 0 aromatic heterocycles. The number of hydrogen-bond acceptors (Lipinski definition) is 3. The molecule has 0 radical (unpaired) electrons. The highest BCUT2D eigenvalue weighted by molar-refractivity contribution is 5.89. The summed E-state index contributed by atoms with van der Waals surface area (Å²) in [5, 5.41) is 5.82. The summed E-state index contributed by atoms with van der Waals surface area (Å²) in [5.74, 6) is 0.0489. The molecule has 0 heterocycles. The Balaban J connectivity index is 2.10. The van der Waals surface area contributed by atoms with Gasteiger partial charge in [-0.25, -0.2) is 4.39 Å². The molecule has 0 saturated heterocycles. The van der Waals surface area contributed by atoms with Gasteiger partial charge >= 0.3 is 0 Å². The van der Waals surface area contributed by atoms with Crippen LogP contribution in [0.2, 0.25) is 0 Å². The van der Waals surface area contributed by atoms with Crippen LogP contribution in [0.1, 0.15) is 19.8 Å². The fraction of sp³-hybridized carbons (Fsp3) is 0.500. The minimum Gasteiger partial charge on any atom is -0.383 e. The molecule has 1 aliphatic rings. The number of rotatable bonds is 6. The van der Waals surface area contributed by atoms with Crippen molar-refractivity contribution < 1.29 is 13.9 Å². The quantitative estimate of drug-likeness (QED) is 0.832. The predicted molar refractivity (Wildman–Crippen MR) is 72.7 cm³/mol. The van der Waals surface area contributed by atoms with Gasteiger partial charge < -0.3 is 15.4 Å². The topological polar surface area (TPSA) is 50.4 Å². The molecular formula is C14H19FN2O2. The molecule has 5 heteroatoms. The standard InChI is InChI=1S/C14H19FN2O2/c1-9(18)16-11-5-6-12(15)13(7-11)17-14(8-19-2)10-3-4-10/h5-7,10,14,17H,3-4,8H2,1-2H3,(H,16,18). The molecule has 0 aliphatic heterocycles. The number of amides is 1. The van der Waals surface area contributed by atoms with Crippen LogP contribution >= 0.6 is 0 Å². The van der Waals surface area contributed by atoms with Crippen molar-refractivity contribution in [3.05, 3.63) is 24.0 Å². The lowest BCUT2D eigenvalue weighted by Gasteiger charge is -2.19. The van der Waals surface area contributed by atoms with Crippen LogP contribution in [-0.4, -0.2) is 25.7 Å². The smallest absolute Gasteiger partial charge is 0.221 e. The second kappa shape index (κ2) is 6.02. The molecule has 1 aliphatic carbocycles. The second-order valence-electron chi connectivity index (χ2n) is 4.92. The van der Waals surface area contributed by atoms with E-state index in [0.717, 1.165) is 12.8 Å². The zero-order valence-electron chi connectivity index (χ0n) is 11.2. The highest BCUT2D eigenvalue weighted by atomic mass is 19.1. The van der Waals surface area contributed by atoms with Crippen molar-refractivity contribution in [2.24, 2.45) is 5.92 Å². The monoisotopic (exact) mass is 266 g/mol. The predicted octanol–water partition coefficient (Wildman–Crippen LogP) is 2.62. The maximum absolute atomic E-state index is 13.8. The molecule has 1 saturated carbocycles. The summed E-state index contributed by atoms with van der Waals surface area (Å²) in [5.41, 5.74) is 0.989. The number of benzene rings is 1. The summed E-state index contributed by atoms with van der Waals surface area (Å²) in [7, 11) is 1.64. The van der Waals surface area contributed by atoms with Crippen LogP contribution in [0.4, 0.5) is 15.8 Å². The molecule has 2 rings (SSSR count). The van der Waals surface area contributed by atoms with E-state index < -0.39 is 0 Å². The first kappa shape index (κ1) is 13.8. The number of halogens is 1. The lowest BCUT2D eigenvalue weighted by Crippen LogP contribution is -2.27. The Hall–Kier alpha value is -1.62. The average molecular weight is 266 g/mol. The first-order chi connectivity index (χ1) is 9.10. The van der Waals surface area contributed by atoms with Gasteiger partial charge in [-0.1, -0.05) is 0 Å². The van der Waals surface area contributed by atoms with Crippen LogP contribution in [0.15, 0.2) is 18.2 Å². The van der Waals surface area contributed by atoms with Crippen LogP contribution in [-0.2, 0) is 9.53 Å². The van der Waals surface area contributed by atoms with Gasteiger partial charge in [0.15, 0.2) is 0 Å². The molecule has 2 N–H and O–H groups in total. The van der Waals surface area contributed by atoms with Gasteiger partial charge in [0, 0.05) is 19.7 Å². The Morgan fingerprint density at radius 1 is 1.53 bits per heavy atom. The van der Waals surface area contributed by atoms with Crippen LogP contribution in [0.25, 0.3) is 0 Å². The Morgan fingerprint density at radius 3 is 2.84 bits per heavy atom. The minimum absolute atomic E-state index is 0.118.